The summed E-state index contributed by atoms with van der Waals surface area (Å²) in [6, 6.07) is 3.24. The average Bonchev–Trinajstić information content (AvgIpc) is 2.16. The van der Waals surface area contributed by atoms with Crippen molar-refractivity contribution in [1.82, 2.24) is 4.98 Å². The summed E-state index contributed by atoms with van der Waals surface area (Å²) in [5, 5.41) is 8.54. The normalized spacial score (nSPS) is 8.31. The van der Waals surface area contributed by atoms with E-state index in [1.807, 2.05) is 0 Å². The van der Waals surface area contributed by atoms with E-state index in [0.717, 1.165) is 0 Å². The molecule has 13 heavy (non-hydrogen) atoms. The third kappa shape index (κ3) is 2.40. The van der Waals surface area contributed by atoms with E-state index in [0.29, 0.717) is 11.3 Å². The number of nitriles is 1. The Hall–Kier alpha value is -1.65. The lowest BCUT2D eigenvalue weighted by molar-refractivity contribution is 1.20. The Bertz CT molecular complexity index is 459. The highest BCUT2D eigenvalue weighted by molar-refractivity contribution is 7.80. The van der Waals surface area contributed by atoms with Gasteiger partial charge in [0.2, 0.25) is 0 Å². The summed E-state index contributed by atoms with van der Waals surface area (Å²) < 4.78 is 0. The van der Waals surface area contributed by atoms with Gasteiger partial charge < -0.3 is 4.98 Å². The smallest absolute Gasteiger partial charge is 0.265 e. The molecule has 1 rings (SSSR count). The molecule has 0 bridgehead atoms. The molecule has 1 aromatic heterocycles. The lowest BCUT2D eigenvalue weighted by atomic mass is 10.2. The Kier molecular flexibility index (Phi) is 3.19. The van der Waals surface area contributed by atoms with E-state index in [1.165, 1.54) is 12.3 Å². The van der Waals surface area contributed by atoms with Crippen LogP contribution in [0.25, 0.3) is 0 Å². The van der Waals surface area contributed by atoms with E-state index in [-0.39, 0.29) is 11.1 Å². The van der Waals surface area contributed by atoms with Gasteiger partial charge in [-0.25, -0.2) is 0 Å². The number of thiol groups is 1. The van der Waals surface area contributed by atoms with E-state index < -0.39 is 0 Å². The van der Waals surface area contributed by atoms with Crippen LogP contribution in [0, 0.1) is 23.2 Å². The molecule has 0 aliphatic rings. The lowest BCUT2D eigenvalue weighted by Crippen LogP contribution is -2.09. The largest absolute Gasteiger partial charge is 0.327 e. The van der Waals surface area contributed by atoms with E-state index in [9.17, 15) is 4.79 Å². The summed E-state index contributed by atoms with van der Waals surface area (Å²) in [6.07, 6.45) is 1.47. The minimum absolute atomic E-state index is 0.0750. The van der Waals surface area contributed by atoms with Gasteiger partial charge in [-0.3, -0.25) is 4.79 Å². The zero-order chi connectivity index (χ0) is 9.68. The number of nitrogens with zero attached hydrogens (tertiary/aromatic N) is 1. The second kappa shape index (κ2) is 4.39. The van der Waals surface area contributed by atoms with Crippen molar-refractivity contribution in [1.29, 1.82) is 5.26 Å². The fraction of sp³-hybridized carbons (Fsp3) is 0.111. The molecule has 1 heterocycles. The van der Waals surface area contributed by atoms with Crippen LogP contribution in [0.4, 0.5) is 0 Å². The molecule has 0 amide bonds. The van der Waals surface area contributed by atoms with Gasteiger partial charge in [0.05, 0.1) is 5.75 Å². The summed E-state index contributed by atoms with van der Waals surface area (Å²) in [5.74, 6) is 5.91. The average molecular weight is 190 g/mol. The van der Waals surface area contributed by atoms with Crippen LogP contribution in [0.5, 0.6) is 0 Å². The topological polar surface area (TPSA) is 56.6 Å². The maximum absolute atomic E-state index is 10.9. The Morgan fingerprint density at radius 1 is 1.62 bits per heavy atom. The summed E-state index contributed by atoms with van der Waals surface area (Å²) >= 11 is 3.91. The minimum Gasteiger partial charge on any atom is -0.327 e. The first-order valence-electron chi connectivity index (χ1n) is 3.50. The summed E-state index contributed by atoms with van der Waals surface area (Å²) in [4.78, 5) is 13.4. The molecular weight excluding hydrogens is 184 g/mol. The highest BCUT2D eigenvalue weighted by Gasteiger charge is 1.97. The number of rotatable bonds is 0. The van der Waals surface area contributed by atoms with Gasteiger partial charge in [-0.15, -0.1) is 0 Å². The summed E-state index contributed by atoms with van der Waals surface area (Å²) in [7, 11) is 0. The van der Waals surface area contributed by atoms with Crippen LogP contribution in [-0.2, 0) is 0 Å². The third-order valence-electron chi connectivity index (χ3n) is 1.34. The first-order chi connectivity index (χ1) is 6.27. The third-order valence-corrected chi connectivity index (χ3v) is 1.49. The van der Waals surface area contributed by atoms with E-state index in [1.54, 1.807) is 6.07 Å². The molecule has 1 N–H and O–H groups in total. The van der Waals surface area contributed by atoms with E-state index in [4.69, 9.17) is 5.26 Å². The standard InChI is InChI=1S/C9H6N2OS/c10-5-8-4-7(2-1-3-13)6-11-9(8)12/h4,6,13H,3H2,(H,11,12). The second-order valence-electron chi connectivity index (χ2n) is 2.20. The number of hydrogen-bond acceptors (Lipinski definition) is 3. The fourth-order valence-electron chi connectivity index (χ4n) is 0.781. The number of aromatic nitrogens is 1. The Morgan fingerprint density at radius 2 is 2.38 bits per heavy atom. The Labute approximate surface area is 80.8 Å². The van der Waals surface area contributed by atoms with Crippen molar-refractivity contribution in [3.8, 4) is 17.9 Å². The van der Waals surface area contributed by atoms with Crippen LogP contribution < -0.4 is 5.56 Å². The molecule has 0 spiro atoms. The molecule has 0 aromatic carbocycles. The van der Waals surface area contributed by atoms with Crippen LogP contribution in [0.1, 0.15) is 11.1 Å². The molecule has 3 nitrogen and oxygen atoms in total. The highest BCUT2D eigenvalue weighted by atomic mass is 32.1. The van der Waals surface area contributed by atoms with Crippen molar-refractivity contribution in [3.63, 3.8) is 0 Å². The van der Waals surface area contributed by atoms with Crippen molar-refractivity contribution in [2.75, 3.05) is 5.75 Å². The van der Waals surface area contributed by atoms with Gasteiger partial charge in [0, 0.05) is 11.8 Å². The van der Waals surface area contributed by atoms with Crippen molar-refractivity contribution in [2.45, 2.75) is 0 Å². The van der Waals surface area contributed by atoms with Gasteiger partial charge >= 0.3 is 0 Å². The van der Waals surface area contributed by atoms with Crippen LogP contribution in [0.15, 0.2) is 17.1 Å². The molecular formula is C9H6N2OS. The molecule has 0 saturated carbocycles. The predicted octanol–water partition coefficient (Wildman–Crippen LogP) is 0.528. The zero-order valence-corrected chi connectivity index (χ0v) is 7.56. The monoisotopic (exact) mass is 190 g/mol. The first kappa shape index (κ1) is 9.44. The summed E-state index contributed by atoms with van der Waals surface area (Å²) in [6.45, 7) is 0. The van der Waals surface area contributed by atoms with Crippen molar-refractivity contribution >= 4 is 12.6 Å². The second-order valence-corrected chi connectivity index (χ2v) is 2.52. The van der Waals surface area contributed by atoms with Gasteiger partial charge in [-0.1, -0.05) is 11.8 Å². The quantitative estimate of drug-likeness (QED) is 0.463. The van der Waals surface area contributed by atoms with Crippen molar-refractivity contribution in [3.05, 3.63) is 33.7 Å². The molecule has 0 saturated heterocycles. The molecule has 0 atom stereocenters. The van der Waals surface area contributed by atoms with Gasteiger partial charge in [0.15, 0.2) is 0 Å². The van der Waals surface area contributed by atoms with Crippen LogP contribution in [0.3, 0.4) is 0 Å². The molecule has 0 radical (unpaired) electrons. The first-order valence-corrected chi connectivity index (χ1v) is 4.13. The van der Waals surface area contributed by atoms with Crippen LogP contribution in [-0.4, -0.2) is 10.7 Å². The number of hydrogen-bond donors (Lipinski definition) is 2. The lowest BCUT2D eigenvalue weighted by Gasteiger charge is -1.89. The predicted molar refractivity (Wildman–Crippen MR) is 52.5 cm³/mol. The highest BCUT2D eigenvalue weighted by Crippen LogP contribution is 1.94. The van der Waals surface area contributed by atoms with E-state index >= 15 is 0 Å². The van der Waals surface area contributed by atoms with Crippen LogP contribution >= 0.6 is 12.6 Å². The zero-order valence-electron chi connectivity index (χ0n) is 6.66. The molecule has 0 fully saturated rings. The van der Waals surface area contributed by atoms with Crippen molar-refractivity contribution < 1.29 is 0 Å². The van der Waals surface area contributed by atoms with Crippen LogP contribution in [0.2, 0.25) is 0 Å². The maximum atomic E-state index is 10.9. The SMILES string of the molecule is N#Cc1cc(C#CCS)c[nH]c1=O. The molecule has 64 valence electrons. The molecule has 0 unspecified atom stereocenters. The number of nitrogens with one attached hydrogen (secondary N) is 1. The van der Waals surface area contributed by atoms with Gasteiger partial charge in [0.1, 0.15) is 11.6 Å². The molecule has 0 aliphatic carbocycles. The van der Waals surface area contributed by atoms with Gasteiger partial charge in [0.25, 0.3) is 5.56 Å². The molecule has 0 aliphatic heterocycles. The Morgan fingerprint density at radius 3 is 3.00 bits per heavy atom. The van der Waals surface area contributed by atoms with Gasteiger partial charge in [-0.2, -0.15) is 17.9 Å². The number of aromatic amines is 1. The maximum Gasteiger partial charge on any atom is 0.265 e. The number of pyridine rings is 1. The van der Waals surface area contributed by atoms with E-state index in [2.05, 4.69) is 29.5 Å². The molecule has 1 aromatic rings. The fourth-order valence-corrected chi connectivity index (χ4v) is 0.860. The van der Waals surface area contributed by atoms with Crippen molar-refractivity contribution in [2.24, 2.45) is 0 Å². The number of H-pyrrole nitrogens is 1. The summed E-state index contributed by atoms with van der Waals surface area (Å²) in [5.41, 5.74) is 0.301. The van der Waals surface area contributed by atoms with Gasteiger partial charge in [-0.05, 0) is 6.07 Å². The minimum atomic E-state index is -0.390. The molecule has 4 heteroatoms. The Balaban J connectivity index is 3.16.